The highest BCUT2D eigenvalue weighted by Crippen LogP contribution is 2.04. The van der Waals surface area contributed by atoms with E-state index in [-0.39, 0.29) is 6.61 Å². The van der Waals surface area contributed by atoms with Gasteiger partial charge in [-0.25, -0.2) is 4.79 Å². The Kier molecular flexibility index (Phi) is 7.08. The molecule has 1 rings (SSSR count). The third-order valence-electron chi connectivity index (χ3n) is 1.94. The van der Waals surface area contributed by atoms with Gasteiger partial charge in [-0.15, -0.1) is 0 Å². The second-order valence-electron chi connectivity index (χ2n) is 3.28. The van der Waals surface area contributed by atoms with Gasteiger partial charge in [0.05, 0.1) is 19.5 Å². The van der Waals surface area contributed by atoms with Gasteiger partial charge >= 0.3 is 6.09 Å². The second-order valence-corrected chi connectivity index (χ2v) is 3.28. The zero-order valence-corrected chi connectivity index (χ0v) is 10.1. The van der Waals surface area contributed by atoms with Crippen LogP contribution in [0.5, 0.6) is 0 Å². The van der Waals surface area contributed by atoms with Crippen LogP contribution in [0, 0.1) is 0 Å². The molecule has 0 spiro atoms. The topological polar surface area (TPSA) is 56.8 Å². The molecule has 18 heavy (non-hydrogen) atoms. The number of hydrogen-bond acceptors (Lipinski definition) is 4. The van der Waals surface area contributed by atoms with Crippen molar-refractivity contribution in [2.24, 2.45) is 0 Å². The summed E-state index contributed by atoms with van der Waals surface area (Å²) in [6, 6.07) is 9.10. The highest BCUT2D eigenvalue weighted by atomic mass is 16.6. The molecular weight excluding hydrogens is 234 g/mol. The van der Waals surface area contributed by atoms with Gasteiger partial charge in [0.2, 0.25) is 0 Å². The van der Waals surface area contributed by atoms with Crippen molar-refractivity contribution in [3.05, 3.63) is 43.2 Å². The zero-order chi connectivity index (χ0) is 13.1. The minimum Gasteiger partial charge on any atom is -0.499 e. The molecule has 0 aromatic heterocycles. The third-order valence-corrected chi connectivity index (χ3v) is 1.94. The smallest absolute Gasteiger partial charge is 0.411 e. The van der Waals surface area contributed by atoms with Crippen molar-refractivity contribution in [1.29, 1.82) is 0 Å². The van der Waals surface area contributed by atoms with Gasteiger partial charge in [-0.05, 0) is 12.1 Å². The van der Waals surface area contributed by atoms with Gasteiger partial charge in [-0.3, -0.25) is 5.32 Å². The fourth-order valence-corrected chi connectivity index (χ4v) is 1.16. The fourth-order valence-electron chi connectivity index (χ4n) is 1.16. The second kappa shape index (κ2) is 9.07. The van der Waals surface area contributed by atoms with Crippen LogP contribution in [-0.2, 0) is 14.2 Å². The third kappa shape index (κ3) is 6.55. The maximum atomic E-state index is 11.3. The van der Waals surface area contributed by atoms with E-state index in [2.05, 4.69) is 11.9 Å². The SMILES string of the molecule is C=COCCOCCOC(=O)Nc1ccccc1. The molecule has 1 N–H and O–H groups in total. The predicted molar refractivity (Wildman–Crippen MR) is 68.4 cm³/mol. The molecule has 0 bridgehead atoms. The van der Waals surface area contributed by atoms with Crippen molar-refractivity contribution in [2.45, 2.75) is 0 Å². The molecule has 0 saturated carbocycles. The molecule has 0 atom stereocenters. The maximum absolute atomic E-state index is 11.3. The van der Waals surface area contributed by atoms with Gasteiger partial charge in [0.25, 0.3) is 0 Å². The average Bonchev–Trinajstić information content (AvgIpc) is 2.39. The summed E-state index contributed by atoms with van der Waals surface area (Å²) in [5.74, 6) is 0. The first-order valence-electron chi connectivity index (χ1n) is 5.62. The predicted octanol–water partition coefficient (Wildman–Crippen LogP) is 2.41. The van der Waals surface area contributed by atoms with Crippen LogP contribution in [0.25, 0.3) is 0 Å². The monoisotopic (exact) mass is 251 g/mol. The number of hydrogen-bond donors (Lipinski definition) is 1. The van der Waals surface area contributed by atoms with Crippen LogP contribution in [0.3, 0.4) is 0 Å². The van der Waals surface area contributed by atoms with Gasteiger partial charge < -0.3 is 14.2 Å². The summed E-state index contributed by atoms with van der Waals surface area (Å²) in [5.41, 5.74) is 0.697. The lowest BCUT2D eigenvalue weighted by molar-refractivity contribution is 0.0533. The van der Waals surface area contributed by atoms with Crippen molar-refractivity contribution in [3.63, 3.8) is 0 Å². The van der Waals surface area contributed by atoms with E-state index in [0.717, 1.165) is 0 Å². The lowest BCUT2D eigenvalue weighted by atomic mass is 10.3. The number of benzene rings is 1. The number of carbonyl (C=O) groups is 1. The molecule has 0 heterocycles. The van der Waals surface area contributed by atoms with E-state index in [1.165, 1.54) is 6.26 Å². The lowest BCUT2D eigenvalue weighted by Gasteiger charge is -2.07. The van der Waals surface area contributed by atoms with Crippen LogP contribution in [0.2, 0.25) is 0 Å². The summed E-state index contributed by atoms with van der Waals surface area (Å²) in [6.45, 7) is 4.82. The molecule has 0 aliphatic heterocycles. The van der Waals surface area contributed by atoms with Crippen molar-refractivity contribution in [2.75, 3.05) is 31.7 Å². The Morgan fingerprint density at radius 2 is 1.89 bits per heavy atom. The molecule has 5 heteroatoms. The number of nitrogens with one attached hydrogen (secondary N) is 1. The zero-order valence-electron chi connectivity index (χ0n) is 10.1. The molecule has 5 nitrogen and oxygen atoms in total. The maximum Gasteiger partial charge on any atom is 0.411 e. The van der Waals surface area contributed by atoms with Crippen LogP contribution < -0.4 is 5.32 Å². The Morgan fingerprint density at radius 1 is 1.17 bits per heavy atom. The number of carbonyl (C=O) groups excluding carboxylic acids is 1. The van der Waals surface area contributed by atoms with Crippen LogP contribution in [-0.4, -0.2) is 32.5 Å². The van der Waals surface area contributed by atoms with E-state index in [1.807, 2.05) is 18.2 Å². The standard InChI is InChI=1S/C13H17NO4/c1-2-16-8-9-17-10-11-18-13(15)14-12-6-4-3-5-7-12/h2-7H,1,8-11H2,(H,14,15). The molecule has 1 aromatic rings. The molecule has 0 unspecified atom stereocenters. The van der Waals surface area contributed by atoms with Crippen LogP contribution in [0.4, 0.5) is 10.5 Å². The number of ether oxygens (including phenoxy) is 3. The van der Waals surface area contributed by atoms with Crippen molar-refractivity contribution < 1.29 is 19.0 Å². The molecule has 0 fully saturated rings. The van der Waals surface area contributed by atoms with Crippen molar-refractivity contribution in [3.8, 4) is 0 Å². The van der Waals surface area contributed by atoms with Gasteiger partial charge in [-0.1, -0.05) is 24.8 Å². The summed E-state index contributed by atoms with van der Waals surface area (Å²) in [7, 11) is 0. The van der Waals surface area contributed by atoms with E-state index < -0.39 is 6.09 Å². The Morgan fingerprint density at radius 3 is 2.61 bits per heavy atom. The minimum atomic E-state index is -0.493. The Labute approximate surface area is 106 Å². The summed E-state index contributed by atoms with van der Waals surface area (Å²) in [6.07, 6.45) is 0.861. The van der Waals surface area contributed by atoms with Crippen molar-refractivity contribution in [1.82, 2.24) is 0 Å². The Hall–Kier alpha value is -2.01. The Bertz CT molecular complexity index is 353. The first kappa shape index (κ1) is 14.1. The summed E-state index contributed by atoms with van der Waals surface area (Å²) < 4.78 is 14.9. The number of rotatable bonds is 8. The van der Waals surface area contributed by atoms with E-state index in [1.54, 1.807) is 12.1 Å². The highest BCUT2D eigenvalue weighted by molar-refractivity contribution is 5.84. The molecular formula is C13H17NO4. The molecule has 0 radical (unpaired) electrons. The number of anilines is 1. The van der Waals surface area contributed by atoms with Gasteiger partial charge in [0.15, 0.2) is 0 Å². The highest BCUT2D eigenvalue weighted by Gasteiger charge is 2.01. The lowest BCUT2D eigenvalue weighted by Crippen LogP contribution is -2.17. The molecule has 1 aromatic carbocycles. The number of para-hydroxylation sites is 1. The molecule has 0 aliphatic carbocycles. The largest absolute Gasteiger partial charge is 0.499 e. The van der Waals surface area contributed by atoms with Crippen molar-refractivity contribution >= 4 is 11.8 Å². The van der Waals surface area contributed by atoms with E-state index >= 15 is 0 Å². The van der Waals surface area contributed by atoms with Crippen LogP contribution in [0.15, 0.2) is 43.2 Å². The fraction of sp³-hybridized carbons (Fsp3) is 0.308. The van der Waals surface area contributed by atoms with Gasteiger partial charge in [0.1, 0.15) is 13.2 Å². The van der Waals surface area contributed by atoms with E-state index in [4.69, 9.17) is 14.2 Å². The van der Waals surface area contributed by atoms with E-state index in [9.17, 15) is 4.79 Å². The minimum absolute atomic E-state index is 0.201. The molecule has 0 saturated heterocycles. The average molecular weight is 251 g/mol. The first-order chi connectivity index (χ1) is 8.83. The van der Waals surface area contributed by atoms with Crippen LogP contribution >= 0.6 is 0 Å². The van der Waals surface area contributed by atoms with Crippen LogP contribution in [0.1, 0.15) is 0 Å². The summed E-state index contributed by atoms with van der Waals surface area (Å²) >= 11 is 0. The van der Waals surface area contributed by atoms with E-state index in [0.29, 0.717) is 25.5 Å². The summed E-state index contributed by atoms with van der Waals surface area (Å²) in [5, 5.41) is 2.60. The number of amides is 1. The molecule has 98 valence electrons. The van der Waals surface area contributed by atoms with Gasteiger partial charge in [-0.2, -0.15) is 0 Å². The summed E-state index contributed by atoms with van der Waals surface area (Å²) in [4.78, 5) is 11.3. The van der Waals surface area contributed by atoms with Gasteiger partial charge in [0, 0.05) is 5.69 Å². The molecule has 1 amide bonds. The first-order valence-corrected chi connectivity index (χ1v) is 5.62. The molecule has 0 aliphatic rings. The quantitative estimate of drug-likeness (QED) is 0.569. The normalized spacial score (nSPS) is 9.56. The Balaban J connectivity index is 2.02.